The zero-order chi connectivity index (χ0) is 12.6. The molecule has 7 nitrogen and oxygen atoms in total. The zero-order valence-electron chi connectivity index (χ0n) is 9.29. The van der Waals surface area contributed by atoms with Crippen LogP contribution >= 0.6 is 0 Å². The summed E-state index contributed by atoms with van der Waals surface area (Å²) in [6.45, 7) is 1.26. The van der Waals surface area contributed by atoms with Crippen LogP contribution in [0.2, 0.25) is 0 Å². The topological polar surface area (TPSA) is 105 Å². The predicted molar refractivity (Wildman–Crippen MR) is 57.7 cm³/mol. The second-order valence-electron chi connectivity index (χ2n) is 4.09. The molecule has 0 bridgehead atoms. The maximum atomic E-state index is 11.6. The number of aromatic nitrogens is 2. The Bertz CT molecular complexity index is 520. The molecule has 1 aromatic heterocycles. The molecule has 1 aliphatic rings. The van der Waals surface area contributed by atoms with E-state index < -0.39 is 29.7 Å². The third-order valence-electron chi connectivity index (χ3n) is 2.84. The van der Waals surface area contributed by atoms with E-state index >= 15 is 0 Å². The fourth-order valence-electron chi connectivity index (χ4n) is 1.85. The molecule has 2 rings (SSSR count). The highest BCUT2D eigenvalue weighted by atomic mass is 16.8. The van der Waals surface area contributed by atoms with Gasteiger partial charge in [-0.2, -0.15) is 0 Å². The summed E-state index contributed by atoms with van der Waals surface area (Å²) in [4.78, 5) is 24.9. The minimum absolute atomic E-state index is 0.205. The Morgan fingerprint density at radius 1 is 1.59 bits per heavy atom. The molecular formula is C10H14N2O5. The molecule has 0 spiro atoms. The Labute approximate surface area is 96.3 Å². The maximum Gasteiger partial charge on any atom is 0.330 e. The number of aromatic amines is 1. The molecule has 0 amide bonds. The van der Waals surface area contributed by atoms with Crippen LogP contribution in [0.15, 0.2) is 15.8 Å². The SMILES string of the molecule is Cc1c[15n]([13C@H]2[13CH2][13C@H](O)[13C@@H]([13CH2]O)O2)c(=O)[15nH]c1=O. The molecular weight excluding hydrogens is 235 g/mol. The molecule has 1 fully saturated rings. The van der Waals surface area contributed by atoms with Gasteiger partial charge in [-0.1, -0.05) is 0 Å². The predicted octanol–water partition coefficient (Wildman–Crippen LogP) is -1.51. The molecule has 0 unspecified atom stereocenters. The molecule has 7 heteroatoms. The lowest BCUT2D eigenvalue weighted by Crippen LogP contribution is -2.33. The molecule has 94 valence electrons. The minimum atomic E-state index is -0.816. The van der Waals surface area contributed by atoms with E-state index in [1.54, 1.807) is 6.92 Å². The lowest BCUT2D eigenvalue weighted by molar-refractivity contribution is -0.0459. The van der Waals surface area contributed by atoms with E-state index in [1.807, 2.05) is 0 Å². The molecule has 0 radical (unpaired) electrons. The molecule has 1 aromatic rings. The van der Waals surface area contributed by atoms with Crippen molar-refractivity contribution in [1.82, 2.24) is 9.55 Å². The van der Waals surface area contributed by atoms with E-state index in [9.17, 15) is 14.7 Å². The van der Waals surface area contributed by atoms with Gasteiger partial charge >= 0.3 is 5.69 Å². The number of hydrogen-bond donors (Lipinski definition) is 3. The Balaban J connectivity index is 2.34. The van der Waals surface area contributed by atoms with Crippen molar-refractivity contribution >= 4 is 0 Å². The van der Waals surface area contributed by atoms with Crippen LogP contribution in [-0.4, -0.2) is 38.6 Å². The van der Waals surface area contributed by atoms with Gasteiger partial charge in [0.25, 0.3) is 5.56 Å². The summed E-state index contributed by atoms with van der Waals surface area (Å²) in [5, 5.41) is 18.5. The van der Waals surface area contributed by atoms with E-state index in [2.05, 4.69) is 4.98 Å². The highest BCUT2D eigenvalue weighted by Gasteiger charge is 2.34. The molecule has 17 heavy (non-hydrogen) atoms. The largest absolute Gasteiger partial charge is 0.394 e. The van der Waals surface area contributed by atoms with Crippen molar-refractivity contribution in [3.8, 4) is 0 Å². The van der Waals surface area contributed by atoms with Crippen LogP contribution in [-0.2, 0) is 4.74 Å². The number of aliphatic hydroxyl groups excluding tert-OH is 2. The number of hydrogen-bond acceptors (Lipinski definition) is 5. The highest BCUT2D eigenvalue weighted by Crippen LogP contribution is 2.27. The van der Waals surface area contributed by atoms with Crippen molar-refractivity contribution in [3.63, 3.8) is 0 Å². The number of nitrogens with zero attached hydrogens (tertiary/aromatic N) is 1. The van der Waals surface area contributed by atoms with Crippen LogP contribution in [0.25, 0.3) is 0 Å². The van der Waals surface area contributed by atoms with Crippen LogP contribution < -0.4 is 11.2 Å². The van der Waals surface area contributed by atoms with Crippen molar-refractivity contribution in [2.75, 3.05) is 6.61 Å². The van der Waals surface area contributed by atoms with E-state index in [0.717, 1.165) is 0 Å². The summed E-state index contributed by atoms with van der Waals surface area (Å²) in [6, 6.07) is 0. The fraction of sp³-hybridized carbons (Fsp3) is 0.600. The van der Waals surface area contributed by atoms with Gasteiger partial charge in [0, 0.05) is 18.2 Å². The van der Waals surface area contributed by atoms with Crippen molar-refractivity contribution < 1.29 is 14.9 Å². The van der Waals surface area contributed by atoms with Crippen LogP contribution in [0.4, 0.5) is 0 Å². The van der Waals surface area contributed by atoms with Gasteiger partial charge in [-0.3, -0.25) is 14.3 Å². The number of aryl methyl sites for hydroxylation is 1. The van der Waals surface area contributed by atoms with Gasteiger partial charge in [-0.25, -0.2) is 4.79 Å². The lowest BCUT2D eigenvalue weighted by Gasteiger charge is -2.14. The van der Waals surface area contributed by atoms with Crippen molar-refractivity contribution in [3.05, 3.63) is 32.6 Å². The van der Waals surface area contributed by atoms with E-state index in [4.69, 9.17) is 9.84 Å². The van der Waals surface area contributed by atoms with Crippen LogP contribution in [0, 0.1) is 6.92 Å². The van der Waals surface area contributed by atoms with Crippen LogP contribution in [0.5, 0.6) is 0 Å². The zero-order valence-corrected chi connectivity index (χ0v) is 9.29. The summed E-state index contributed by atoms with van der Waals surface area (Å²) in [7, 11) is 0. The van der Waals surface area contributed by atoms with Crippen LogP contribution in [0.1, 0.15) is 18.2 Å². The fourth-order valence-corrected chi connectivity index (χ4v) is 1.85. The quantitative estimate of drug-likeness (QED) is 0.552. The summed E-state index contributed by atoms with van der Waals surface area (Å²) in [5.74, 6) is 0. The van der Waals surface area contributed by atoms with Crippen molar-refractivity contribution in [2.24, 2.45) is 0 Å². The Hall–Kier alpha value is -1.44. The van der Waals surface area contributed by atoms with Gasteiger partial charge in [0.2, 0.25) is 0 Å². The van der Waals surface area contributed by atoms with Gasteiger partial charge in [-0.15, -0.1) is 0 Å². The number of nitrogens with one attached hydrogen (secondary N) is 1. The molecule has 3 atom stereocenters. The highest BCUT2D eigenvalue weighted by molar-refractivity contribution is 5.02. The molecule has 1 saturated heterocycles. The summed E-state index contributed by atoms with van der Waals surface area (Å²) >= 11 is 0. The third kappa shape index (κ3) is 2.17. The first-order valence-corrected chi connectivity index (χ1v) is 5.29. The number of H-pyrrole nitrogens is 1. The number of aliphatic hydroxyl groups is 2. The van der Waals surface area contributed by atoms with Gasteiger partial charge in [0.1, 0.15) is 12.3 Å². The number of rotatable bonds is 2. The number of ether oxygens (including phenoxy) is 1. The van der Waals surface area contributed by atoms with Gasteiger partial charge < -0.3 is 14.9 Å². The monoisotopic (exact) mass is 249 g/mol. The average molecular weight is 249 g/mol. The summed E-state index contributed by atoms with van der Waals surface area (Å²) < 4.78 is 6.54. The van der Waals surface area contributed by atoms with Crippen molar-refractivity contribution in [1.29, 1.82) is 0 Å². The first kappa shape index (κ1) is 12.0. The lowest BCUT2D eigenvalue weighted by atomic mass is 10.4. The van der Waals surface area contributed by atoms with Gasteiger partial charge in [-0.05, 0) is 6.92 Å². The molecule has 3 N–H and O–H groups in total. The molecule has 0 aliphatic carbocycles. The summed E-state index contributed by atoms with van der Waals surface area (Å²) in [6.07, 6.45) is -0.581. The average Bonchev–Trinajstić information content (AvgIpc) is 2.65. The Kier molecular flexibility index (Phi) is 3.14. The van der Waals surface area contributed by atoms with E-state index in [-0.39, 0.29) is 13.0 Å². The van der Waals surface area contributed by atoms with Crippen molar-refractivity contribution in [2.45, 2.75) is 31.8 Å². The Morgan fingerprint density at radius 2 is 2.29 bits per heavy atom. The third-order valence-corrected chi connectivity index (χ3v) is 2.84. The molecule has 2 heterocycles. The first-order chi connectivity index (χ1) is 8.02. The normalized spacial score (nSPS) is 28.5. The summed E-state index contributed by atoms with van der Waals surface area (Å²) in [5.41, 5.74) is -0.643. The van der Waals surface area contributed by atoms with E-state index in [1.165, 1.54) is 10.8 Å². The van der Waals surface area contributed by atoms with Gasteiger partial charge in [0.15, 0.2) is 0 Å². The second-order valence-corrected chi connectivity index (χ2v) is 4.09. The van der Waals surface area contributed by atoms with E-state index in [0.29, 0.717) is 5.56 Å². The standard InChI is InChI=1S/C10H14N2O5/c1-5-3-12(10(16)11-9(5)15)8-2-6(14)7(4-13)17-8/h3,6-8,13-14H,2,4H2,1H3,(H,11,15,16)/t6-,7+,8+/m0/s1/i2+1,4+1,6+1,7+1,8+1,11+1,12+1. The second kappa shape index (κ2) is 4.44. The molecule has 0 saturated carbocycles. The maximum absolute atomic E-state index is 11.6. The Morgan fingerprint density at radius 3 is 2.88 bits per heavy atom. The first-order valence-electron chi connectivity index (χ1n) is 5.29. The van der Waals surface area contributed by atoms with Gasteiger partial charge in [0.05, 0.1) is 12.7 Å². The minimum Gasteiger partial charge on any atom is -0.394 e. The molecule has 1 aliphatic heterocycles. The molecule has 0 aromatic carbocycles. The van der Waals surface area contributed by atoms with Crippen LogP contribution in [0.3, 0.4) is 0 Å². The smallest absolute Gasteiger partial charge is 0.330 e.